The van der Waals surface area contributed by atoms with Crippen LogP contribution in [0.3, 0.4) is 0 Å². The number of hydrogen-bond donors (Lipinski definition) is 3. The Bertz CT molecular complexity index is 380. The molecular weight excluding hydrogens is 200 g/mol. The summed E-state index contributed by atoms with van der Waals surface area (Å²) in [6.45, 7) is 0.135. The number of carbonyl (C=O) groups excluding carboxylic acids is 1. The summed E-state index contributed by atoms with van der Waals surface area (Å²) < 4.78 is 0. The molecule has 0 aliphatic carbocycles. The summed E-state index contributed by atoms with van der Waals surface area (Å²) in [5.74, 6) is -1.62. The Kier molecular flexibility index (Phi) is 3.69. The molecule has 0 atom stereocenters. The van der Waals surface area contributed by atoms with E-state index >= 15 is 0 Å². The molecule has 1 aromatic rings. The molecule has 0 saturated carbocycles. The molecule has 0 radical (unpaired) electrons. The van der Waals surface area contributed by atoms with E-state index in [-0.39, 0.29) is 18.7 Å². The van der Waals surface area contributed by atoms with Crippen LogP contribution in [0.25, 0.3) is 0 Å². The molecule has 1 rings (SSSR count). The Morgan fingerprint density at radius 1 is 1.53 bits per heavy atom. The van der Waals surface area contributed by atoms with Gasteiger partial charge in [-0.2, -0.15) is 0 Å². The maximum absolute atomic E-state index is 10.7. The first-order chi connectivity index (χ1) is 7.11. The zero-order chi connectivity index (χ0) is 11.3. The summed E-state index contributed by atoms with van der Waals surface area (Å²) in [6.07, 6.45) is 2.45. The van der Waals surface area contributed by atoms with Gasteiger partial charge in [0.05, 0.1) is 12.2 Å². The average Bonchev–Trinajstić information content (AvgIpc) is 2.17. The van der Waals surface area contributed by atoms with Crippen LogP contribution in [0, 0.1) is 0 Å². The van der Waals surface area contributed by atoms with E-state index in [1.807, 2.05) is 0 Å². The van der Waals surface area contributed by atoms with Crippen molar-refractivity contribution in [1.29, 1.82) is 0 Å². The van der Waals surface area contributed by atoms with Crippen LogP contribution in [0.2, 0.25) is 0 Å². The van der Waals surface area contributed by atoms with Gasteiger partial charge in [-0.1, -0.05) is 0 Å². The van der Waals surface area contributed by atoms with Gasteiger partial charge in [0, 0.05) is 12.7 Å². The minimum atomic E-state index is -1.11. The molecule has 0 bridgehead atoms. The lowest BCUT2D eigenvalue weighted by molar-refractivity contribution is -0.117. The topological polar surface area (TPSA) is 118 Å². The normalized spacial score (nSPS) is 9.87. The van der Waals surface area contributed by atoms with Gasteiger partial charge in [0.15, 0.2) is 0 Å². The number of amides is 1. The summed E-state index contributed by atoms with van der Waals surface area (Å²) >= 11 is 0. The molecule has 0 fully saturated rings. The highest BCUT2D eigenvalue weighted by atomic mass is 16.4. The van der Waals surface area contributed by atoms with Crippen LogP contribution >= 0.6 is 0 Å². The van der Waals surface area contributed by atoms with Crippen molar-refractivity contribution in [3.05, 3.63) is 23.8 Å². The van der Waals surface area contributed by atoms with Crippen molar-refractivity contribution < 1.29 is 14.7 Å². The Balaban J connectivity index is 2.67. The highest BCUT2D eigenvalue weighted by Gasteiger charge is 2.10. The van der Waals surface area contributed by atoms with Gasteiger partial charge < -0.3 is 16.2 Å². The van der Waals surface area contributed by atoms with Crippen LogP contribution in [-0.4, -0.2) is 33.5 Å². The van der Waals surface area contributed by atoms with E-state index in [0.717, 1.165) is 0 Å². The van der Waals surface area contributed by atoms with Crippen LogP contribution in [0.5, 0.6) is 0 Å². The molecule has 1 heterocycles. The van der Waals surface area contributed by atoms with Crippen LogP contribution < -0.4 is 11.1 Å². The highest BCUT2D eigenvalue weighted by molar-refractivity contribution is 5.88. The molecule has 4 N–H and O–H groups in total. The Morgan fingerprint density at radius 3 is 2.87 bits per heavy atom. The molecule has 0 spiro atoms. The SMILES string of the molecule is NC(=O)CNCc1ncncc1C(=O)O. The second kappa shape index (κ2) is 5.01. The van der Waals surface area contributed by atoms with Crippen molar-refractivity contribution in [3.8, 4) is 0 Å². The zero-order valence-corrected chi connectivity index (χ0v) is 7.80. The molecular formula is C8H10N4O3. The molecule has 0 aromatic carbocycles. The van der Waals surface area contributed by atoms with Gasteiger partial charge in [-0.3, -0.25) is 4.79 Å². The molecule has 0 aliphatic rings. The minimum Gasteiger partial charge on any atom is -0.478 e. The molecule has 15 heavy (non-hydrogen) atoms. The van der Waals surface area contributed by atoms with Gasteiger partial charge in [0.25, 0.3) is 0 Å². The fourth-order valence-electron chi connectivity index (χ4n) is 0.979. The molecule has 80 valence electrons. The predicted molar refractivity (Wildman–Crippen MR) is 49.9 cm³/mol. The molecule has 1 amide bonds. The number of aromatic nitrogens is 2. The van der Waals surface area contributed by atoms with Gasteiger partial charge in [0.1, 0.15) is 11.9 Å². The van der Waals surface area contributed by atoms with E-state index in [2.05, 4.69) is 15.3 Å². The fraction of sp³-hybridized carbons (Fsp3) is 0.250. The number of primary amides is 1. The van der Waals surface area contributed by atoms with Gasteiger partial charge in [0.2, 0.25) is 5.91 Å². The monoisotopic (exact) mass is 210 g/mol. The zero-order valence-electron chi connectivity index (χ0n) is 7.80. The van der Waals surface area contributed by atoms with Gasteiger partial charge >= 0.3 is 5.97 Å². The number of nitrogens with two attached hydrogens (primary N) is 1. The Hall–Kier alpha value is -2.02. The smallest absolute Gasteiger partial charge is 0.339 e. The van der Waals surface area contributed by atoms with Crippen molar-refractivity contribution in [2.24, 2.45) is 5.73 Å². The highest BCUT2D eigenvalue weighted by Crippen LogP contribution is 2.02. The molecule has 0 aliphatic heterocycles. The van der Waals surface area contributed by atoms with Crippen LogP contribution in [0.15, 0.2) is 12.5 Å². The third kappa shape index (κ3) is 3.31. The number of nitrogens with one attached hydrogen (secondary N) is 1. The lowest BCUT2D eigenvalue weighted by Gasteiger charge is -2.04. The van der Waals surface area contributed by atoms with Crippen LogP contribution in [0.1, 0.15) is 16.1 Å². The van der Waals surface area contributed by atoms with Crippen molar-refractivity contribution >= 4 is 11.9 Å². The van der Waals surface area contributed by atoms with E-state index in [1.165, 1.54) is 12.5 Å². The molecule has 1 aromatic heterocycles. The Morgan fingerprint density at radius 2 is 2.27 bits per heavy atom. The van der Waals surface area contributed by atoms with E-state index < -0.39 is 11.9 Å². The number of rotatable bonds is 5. The number of hydrogen-bond acceptors (Lipinski definition) is 5. The lowest BCUT2D eigenvalue weighted by atomic mass is 10.2. The minimum absolute atomic E-state index is 0.00877. The molecule has 0 saturated heterocycles. The van der Waals surface area contributed by atoms with E-state index in [9.17, 15) is 9.59 Å². The third-order valence-corrected chi connectivity index (χ3v) is 1.62. The summed E-state index contributed by atoms with van der Waals surface area (Å²) in [5.41, 5.74) is 5.23. The first-order valence-corrected chi connectivity index (χ1v) is 4.12. The van der Waals surface area contributed by atoms with Crippen molar-refractivity contribution in [2.75, 3.05) is 6.54 Å². The second-order valence-corrected chi connectivity index (χ2v) is 2.76. The third-order valence-electron chi connectivity index (χ3n) is 1.62. The first-order valence-electron chi connectivity index (χ1n) is 4.12. The van der Waals surface area contributed by atoms with Gasteiger partial charge in [-0.05, 0) is 0 Å². The number of aromatic carboxylic acids is 1. The standard InChI is InChI=1S/C8H10N4O3/c9-7(13)3-10-2-6-5(8(14)15)1-11-4-12-6/h1,4,10H,2-3H2,(H2,9,13)(H,14,15). The molecule has 7 heteroatoms. The van der Waals surface area contributed by atoms with E-state index in [1.54, 1.807) is 0 Å². The van der Waals surface area contributed by atoms with Gasteiger partial charge in [-0.15, -0.1) is 0 Å². The van der Waals surface area contributed by atoms with Crippen LogP contribution in [0.4, 0.5) is 0 Å². The second-order valence-electron chi connectivity index (χ2n) is 2.76. The average molecular weight is 210 g/mol. The largest absolute Gasteiger partial charge is 0.478 e. The number of carboxylic acids is 1. The molecule has 0 unspecified atom stereocenters. The number of carbonyl (C=O) groups is 2. The van der Waals surface area contributed by atoms with Crippen LogP contribution in [-0.2, 0) is 11.3 Å². The maximum Gasteiger partial charge on any atom is 0.339 e. The summed E-state index contributed by atoms with van der Waals surface area (Å²) in [4.78, 5) is 28.5. The fourth-order valence-corrected chi connectivity index (χ4v) is 0.979. The van der Waals surface area contributed by atoms with E-state index in [0.29, 0.717) is 5.69 Å². The van der Waals surface area contributed by atoms with Crippen molar-refractivity contribution in [2.45, 2.75) is 6.54 Å². The maximum atomic E-state index is 10.7. The summed E-state index contributed by atoms with van der Waals surface area (Å²) in [6, 6.07) is 0. The quantitative estimate of drug-likeness (QED) is 0.558. The molecule has 7 nitrogen and oxygen atoms in total. The number of nitrogens with zero attached hydrogens (tertiary/aromatic N) is 2. The van der Waals surface area contributed by atoms with E-state index in [4.69, 9.17) is 10.8 Å². The predicted octanol–water partition coefficient (Wildman–Crippen LogP) is -1.25. The van der Waals surface area contributed by atoms with Crippen molar-refractivity contribution in [1.82, 2.24) is 15.3 Å². The summed E-state index contributed by atoms with van der Waals surface area (Å²) in [7, 11) is 0. The van der Waals surface area contributed by atoms with Crippen molar-refractivity contribution in [3.63, 3.8) is 0 Å². The first kappa shape index (κ1) is 11.1. The number of carboxylic acid groups (broad SMARTS) is 1. The van der Waals surface area contributed by atoms with Gasteiger partial charge in [-0.25, -0.2) is 14.8 Å². The Labute approximate surface area is 85.3 Å². The summed E-state index contributed by atoms with van der Waals surface area (Å²) in [5, 5.41) is 11.4. The lowest BCUT2D eigenvalue weighted by Crippen LogP contribution is -2.29.